The molecule has 1 aromatic carbocycles. The molecule has 3 rings (SSSR count). The van der Waals surface area contributed by atoms with Gasteiger partial charge in [-0.05, 0) is 19.0 Å². The third kappa shape index (κ3) is 2.48. The minimum absolute atomic E-state index is 0.641. The minimum atomic E-state index is 0.641. The number of hydrogen-bond acceptors (Lipinski definition) is 4. The maximum absolute atomic E-state index is 5.45. The van der Waals surface area contributed by atoms with Gasteiger partial charge >= 0.3 is 0 Å². The van der Waals surface area contributed by atoms with Crippen LogP contribution < -0.4 is 11.1 Å². The van der Waals surface area contributed by atoms with Gasteiger partial charge in [0, 0.05) is 47.2 Å². The molecule has 0 amide bonds. The number of para-hydroxylation sites is 1. The van der Waals surface area contributed by atoms with Gasteiger partial charge in [-0.3, -0.25) is 0 Å². The molecule has 0 fully saturated rings. The number of aromatic amines is 1. The zero-order chi connectivity index (χ0) is 13.8. The van der Waals surface area contributed by atoms with Crippen LogP contribution in [0.3, 0.4) is 0 Å². The molecule has 0 aliphatic heterocycles. The Balaban J connectivity index is 1.84. The minimum Gasteiger partial charge on any atom is -0.361 e. The summed E-state index contributed by atoms with van der Waals surface area (Å²) in [7, 11) is 0. The first-order valence-corrected chi connectivity index (χ1v) is 6.71. The quantitative estimate of drug-likeness (QED) is 0.620. The number of nitrogens with one attached hydrogen (secondary N) is 2. The van der Waals surface area contributed by atoms with Gasteiger partial charge in [0.15, 0.2) is 0 Å². The van der Waals surface area contributed by atoms with Crippen molar-refractivity contribution in [2.75, 3.05) is 18.4 Å². The molecule has 5 heteroatoms. The molecule has 0 saturated carbocycles. The molecule has 20 heavy (non-hydrogen) atoms. The van der Waals surface area contributed by atoms with Crippen LogP contribution in [0.25, 0.3) is 22.0 Å². The Bertz CT molecular complexity index is 687. The third-order valence-electron chi connectivity index (χ3n) is 3.22. The van der Waals surface area contributed by atoms with Crippen molar-refractivity contribution in [3.05, 3.63) is 42.9 Å². The van der Waals surface area contributed by atoms with E-state index in [4.69, 9.17) is 5.73 Å². The van der Waals surface area contributed by atoms with Gasteiger partial charge in [-0.1, -0.05) is 18.2 Å². The molecule has 0 aliphatic rings. The van der Waals surface area contributed by atoms with Gasteiger partial charge in [0.05, 0.1) is 0 Å². The van der Waals surface area contributed by atoms with E-state index in [1.807, 2.05) is 30.7 Å². The van der Waals surface area contributed by atoms with Crippen LogP contribution >= 0.6 is 0 Å². The molecule has 2 heterocycles. The Kier molecular flexibility index (Phi) is 3.60. The summed E-state index contributed by atoms with van der Waals surface area (Å²) in [5.74, 6) is 0.641. The lowest BCUT2D eigenvalue weighted by Crippen LogP contribution is -2.10. The zero-order valence-corrected chi connectivity index (χ0v) is 11.1. The SMILES string of the molecule is NCCCNc1ncc(-c2c[nH]c3ccccc23)cn1. The van der Waals surface area contributed by atoms with Crippen molar-refractivity contribution in [3.63, 3.8) is 0 Å². The van der Waals surface area contributed by atoms with Crippen LogP contribution in [-0.2, 0) is 0 Å². The summed E-state index contributed by atoms with van der Waals surface area (Å²) < 4.78 is 0. The summed E-state index contributed by atoms with van der Waals surface area (Å²) in [6.45, 7) is 1.46. The van der Waals surface area contributed by atoms with E-state index >= 15 is 0 Å². The third-order valence-corrected chi connectivity index (χ3v) is 3.22. The molecule has 0 unspecified atom stereocenters. The van der Waals surface area contributed by atoms with Gasteiger partial charge in [-0.2, -0.15) is 0 Å². The Morgan fingerprint density at radius 3 is 2.75 bits per heavy atom. The van der Waals surface area contributed by atoms with Crippen LogP contribution in [0, 0.1) is 0 Å². The van der Waals surface area contributed by atoms with Crippen LogP contribution in [0.15, 0.2) is 42.9 Å². The molecule has 0 atom stereocenters. The smallest absolute Gasteiger partial charge is 0.222 e. The molecule has 5 nitrogen and oxygen atoms in total. The first kappa shape index (κ1) is 12.6. The van der Waals surface area contributed by atoms with E-state index in [1.54, 1.807) is 0 Å². The van der Waals surface area contributed by atoms with Crippen molar-refractivity contribution < 1.29 is 0 Å². The number of nitrogens with two attached hydrogens (primary N) is 1. The van der Waals surface area contributed by atoms with Crippen LogP contribution in [0.2, 0.25) is 0 Å². The molecular formula is C15H17N5. The molecular weight excluding hydrogens is 250 g/mol. The second-order valence-corrected chi connectivity index (χ2v) is 4.61. The molecule has 102 valence electrons. The van der Waals surface area contributed by atoms with E-state index in [9.17, 15) is 0 Å². The summed E-state index contributed by atoms with van der Waals surface area (Å²) >= 11 is 0. The molecule has 0 saturated heterocycles. The number of fused-ring (bicyclic) bond motifs is 1. The number of aromatic nitrogens is 3. The topological polar surface area (TPSA) is 79.6 Å². The fourth-order valence-corrected chi connectivity index (χ4v) is 2.17. The summed E-state index contributed by atoms with van der Waals surface area (Å²) in [5, 5.41) is 4.33. The summed E-state index contributed by atoms with van der Waals surface area (Å²) in [6.07, 6.45) is 6.58. The second-order valence-electron chi connectivity index (χ2n) is 4.61. The lowest BCUT2D eigenvalue weighted by molar-refractivity contribution is 0.864. The first-order valence-electron chi connectivity index (χ1n) is 6.71. The standard InChI is InChI=1S/C15H17N5/c16-6-3-7-17-15-19-8-11(9-20-15)13-10-18-14-5-2-1-4-12(13)14/h1-2,4-5,8-10,18H,3,6-7,16H2,(H,17,19,20). The normalized spacial score (nSPS) is 10.8. The monoisotopic (exact) mass is 267 g/mol. The Morgan fingerprint density at radius 2 is 1.95 bits per heavy atom. The fourth-order valence-electron chi connectivity index (χ4n) is 2.17. The van der Waals surface area contributed by atoms with Crippen molar-refractivity contribution in [1.82, 2.24) is 15.0 Å². The predicted molar refractivity (Wildman–Crippen MR) is 81.5 cm³/mol. The van der Waals surface area contributed by atoms with E-state index < -0.39 is 0 Å². The molecule has 4 N–H and O–H groups in total. The number of hydrogen-bond donors (Lipinski definition) is 3. The van der Waals surface area contributed by atoms with E-state index in [-0.39, 0.29) is 0 Å². The maximum Gasteiger partial charge on any atom is 0.222 e. The lowest BCUT2D eigenvalue weighted by atomic mass is 10.1. The maximum atomic E-state index is 5.45. The number of H-pyrrole nitrogens is 1. The summed E-state index contributed by atoms with van der Waals surface area (Å²) in [5.41, 5.74) is 8.69. The number of nitrogens with zero attached hydrogens (tertiary/aromatic N) is 2. The highest BCUT2D eigenvalue weighted by Crippen LogP contribution is 2.27. The Hall–Kier alpha value is -2.40. The molecule has 3 aromatic rings. The van der Waals surface area contributed by atoms with E-state index in [0.717, 1.165) is 29.6 Å². The molecule has 0 radical (unpaired) electrons. The summed E-state index contributed by atoms with van der Waals surface area (Å²) in [4.78, 5) is 11.9. The van der Waals surface area contributed by atoms with Crippen LogP contribution in [0.5, 0.6) is 0 Å². The lowest BCUT2D eigenvalue weighted by Gasteiger charge is -2.04. The van der Waals surface area contributed by atoms with Gasteiger partial charge in [0.1, 0.15) is 0 Å². The van der Waals surface area contributed by atoms with E-state index in [2.05, 4.69) is 32.4 Å². The largest absolute Gasteiger partial charge is 0.361 e. The van der Waals surface area contributed by atoms with Gasteiger partial charge in [0.25, 0.3) is 0 Å². The van der Waals surface area contributed by atoms with Gasteiger partial charge < -0.3 is 16.0 Å². The molecule has 2 aromatic heterocycles. The van der Waals surface area contributed by atoms with Crippen LogP contribution in [0.4, 0.5) is 5.95 Å². The van der Waals surface area contributed by atoms with Crippen molar-refractivity contribution in [1.29, 1.82) is 0 Å². The number of benzene rings is 1. The van der Waals surface area contributed by atoms with Crippen LogP contribution in [0.1, 0.15) is 6.42 Å². The number of anilines is 1. The summed E-state index contributed by atoms with van der Waals surface area (Å²) in [6, 6.07) is 8.20. The number of rotatable bonds is 5. The average molecular weight is 267 g/mol. The highest BCUT2D eigenvalue weighted by atomic mass is 15.1. The molecule has 0 bridgehead atoms. The fraction of sp³-hybridized carbons (Fsp3) is 0.200. The average Bonchev–Trinajstić information content (AvgIpc) is 2.92. The molecule has 0 aliphatic carbocycles. The highest BCUT2D eigenvalue weighted by molar-refractivity contribution is 5.95. The Morgan fingerprint density at radius 1 is 1.15 bits per heavy atom. The highest BCUT2D eigenvalue weighted by Gasteiger charge is 2.06. The second kappa shape index (κ2) is 5.71. The van der Waals surface area contributed by atoms with Gasteiger partial charge in [-0.15, -0.1) is 0 Å². The van der Waals surface area contributed by atoms with E-state index in [1.165, 1.54) is 5.39 Å². The van der Waals surface area contributed by atoms with Crippen molar-refractivity contribution in [2.24, 2.45) is 5.73 Å². The Labute approximate surface area is 117 Å². The predicted octanol–water partition coefficient (Wildman–Crippen LogP) is 2.39. The van der Waals surface area contributed by atoms with Crippen LogP contribution in [-0.4, -0.2) is 28.0 Å². The zero-order valence-electron chi connectivity index (χ0n) is 11.1. The first-order chi connectivity index (χ1) is 9.88. The molecule has 0 spiro atoms. The van der Waals surface area contributed by atoms with Crippen molar-refractivity contribution >= 4 is 16.9 Å². The van der Waals surface area contributed by atoms with E-state index in [0.29, 0.717) is 12.5 Å². The van der Waals surface area contributed by atoms with Crippen molar-refractivity contribution in [2.45, 2.75) is 6.42 Å². The van der Waals surface area contributed by atoms with Gasteiger partial charge in [0.2, 0.25) is 5.95 Å². The van der Waals surface area contributed by atoms with Gasteiger partial charge in [-0.25, -0.2) is 9.97 Å². The van der Waals surface area contributed by atoms with Crippen molar-refractivity contribution in [3.8, 4) is 11.1 Å².